The van der Waals surface area contributed by atoms with Gasteiger partial charge in [-0.05, 0) is 17.7 Å². The number of esters is 1. The monoisotopic (exact) mass is 283 g/mol. The van der Waals surface area contributed by atoms with Crippen LogP contribution in [0.4, 0.5) is 0 Å². The van der Waals surface area contributed by atoms with Crippen LogP contribution in [0.1, 0.15) is 28.4 Å². The Morgan fingerprint density at radius 3 is 2.14 bits per heavy atom. The molecule has 2 rings (SSSR count). The molecule has 0 spiro atoms. The molecule has 108 valence electrons. The molecule has 0 saturated carbocycles. The van der Waals surface area contributed by atoms with Crippen molar-refractivity contribution in [2.75, 3.05) is 7.11 Å². The van der Waals surface area contributed by atoms with E-state index in [1.165, 1.54) is 7.11 Å². The zero-order valence-electron chi connectivity index (χ0n) is 11.8. The molecule has 2 aromatic rings. The predicted octanol–water partition coefficient (Wildman–Crippen LogP) is 2.72. The third-order valence-corrected chi connectivity index (χ3v) is 3.14. The summed E-state index contributed by atoms with van der Waals surface area (Å²) >= 11 is 0. The molecule has 0 aliphatic carbocycles. The second-order valence-corrected chi connectivity index (χ2v) is 4.58. The molecular weight excluding hydrogens is 266 g/mol. The minimum Gasteiger partial charge on any atom is -0.469 e. The maximum absolute atomic E-state index is 12.2. The summed E-state index contributed by atoms with van der Waals surface area (Å²) in [4.78, 5) is 23.8. The lowest BCUT2D eigenvalue weighted by Gasteiger charge is -2.18. The number of amides is 1. The number of rotatable bonds is 5. The zero-order chi connectivity index (χ0) is 15.1. The van der Waals surface area contributed by atoms with Gasteiger partial charge < -0.3 is 10.1 Å². The van der Waals surface area contributed by atoms with E-state index in [9.17, 15) is 9.59 Å². The Morgan fingerprint density at radius 1 is 1.00 bits per heavy atom. The maximum atomic E-state index is 12.2. The van der Waals surface area contributed by atoms with Crippen LogP contribution in [-0.2, 0) is 9.53 Å². The molecule has 0 heterocycles. The van der Waals surface area contributed by atoms with E-state index in [1.54, 1.807) is 24.3 Å². The number of hydrogen-bond donors (Lipinski definition) is 1. The van der Waals surface area contributed by atoms with E-state index < -0.39 is 6.04 Å². The van der Waals surface area contributed by atoms with Gasteiger partial charge in [0.2, 0.25) is 0 Å². The number of ether oxygens (including phenoxy) is 1. The number of nitrogens with one attached hydrogen (secondary N) is 1. The highest BCUT2D eigenvalue weighted by molar-refractivity contribution is 5.94. The number of carbonyl (C=O) groups is 2. The van der Waals surface area contributed by atoms with Gasteiger partial charge in [-0.1, -0.05) is 48.5 Å². The van der Waals surface area contributed by atoms with Crippen LogP contribution >= 0.6 is 0 Å². The Bertz CT molecular complexity index is 596. The minimum absolute atomic E-state index is 0.0963. The SMILES string of the molecule is COC(=O)C[C@@H](NC(=O)c1ccccc1)c1ccccc1. The molecule has 1 atom stereocenters. The van der Waals surface area contributed by atoms with Gasteiger partial charge in [-0.2, -0.15) is 0 Å². The summed E-state index contributed by atoms with van der Waals surface area (Å²) in [5, 5.41) is 2.88. The van der Waals surface area contributed by atoms with E-state index in [0.29, 0.717) is 5.56 Å². The van der Waals surface area contributed by atoms with Crippen molar-refractivity contribution in [2.24, 2.45) is 0 Å². The van der Waals surface area contributed by atoms with E-state index in [1.807, 2.05) is 36.4 Å². The fourth-order valence-electron chi connectivity index (χ4n) is 2.02. The molecule has 0 saturated heterocycles. The first-order valence-electron chi connectivity index (χ1n) is 6.68. The first-order valence-corrected chi connectivity index (χ1v) is 6.68. The third-order valence-electron chi connectivity index (χ3n) is 3.14. The number of methoxy groups -OCH3 is 1. The lowest BCUT2D eigenvalue weighted by molar-refractivity contribution is -0.141. The Labute approximate surface area is 123 Å². The minimum atomic E-state index is -0.411. The number of carbonyl (C=O) groups excluding carboxylic acids is 2. The van der Waals surface area contributed by atoms with Gasteiger partial charge in [-0.25, -0.2) is 0 Å². The molecule has 0 unspecified atom stereocenters. The van der Waals surface area contributed by atoms with Crippen molar-refractivity contribution >= 4 is 11.9 Å². The molecule has 1 amide bonds. The number of benzene rings is 2. The van der Waals surface area contributed by atoms with Crippen LogP contribution in [0.25, 0.3) is 0 Å². The summed E-state index contributed by atoms with van der Waals surface area (Å²) in [6.07, 6.45) is 0.0963. The average molecular weight is 283 g/mol. The topological polar surface area (TPSA) is 55.4 Å². The van der Waals surface area contributed by atoms with E-state index in [2.05, 4.69) is 5.32 Å². The highest BCUT2D eigenvalue weighted by Crippen LogP contribution is 2.18. The fourth-order valence-corrected chi connectivity index (χ4v) is 2.02. The van der Waals surface area contributed by atoms with E-state index in [-0.39, 0.29) is 18.3 Å². The van der Waals surface area contributed by atoms with Gasteiger partial charge in [0.15, 0.2) is 0 Å². The molecule has 4 nitrogen and oxygen atoms in total. The van der Waals surface area contributed by atoms with Gasteiger partial charge in [0, 0.05) is 5.56 Å². The van der Waals surface area contributed by atoms with E-state index in [4.69, 9.17) is 4.74 Å². The lowest BCUT2D eigenvalue weighted by atomic mass is 10.0. The van der Waals surface area contributed by atoms with Crippen molar-refractivity contribution in [2.45, 2.75) is 12.5 Å². The molecule has 0 aliphatic rings. The smallest absolute Gasteiger partial charge is 0.307 e. The molecule has 0 fully saturated rings. The molecule has 2 aromatic carbocycles. The number of hydrogen-bond acceptors (Lipinski definition) is 3. The van der Waals surface area contributed by atoms with Crippen LogP contribution < -0.4 is 5.32 Å². The van der Waals surface area contributed by atoms with Gasteiger partial charge in [0.25, 0.3) is 5.91 Å². The van der Waals surface area contributed by atoms with Crippen LogP contribution in [-0.4, -0.2) is 19.0 Å². The summed E-state index contributed by atoms with van der Waals surface area (Å²) in [6.45, 7) is 0. The third kappa shape index (κ3) is 4.18. The molecule has 0 radical (unpaired) electrons. The van der Waals surface area contributed by atoms with Crippen LogP contribution in [0.5, 0.6) is 0 Å². The summed E-state index contributed by atoms with van der Waals surface area (Å²) in [5.41, 5.74) is 1.43. The van der Waals surface area contributed by atoms with Crippen LogP contribution in [0.2, 0.25) is 0 Å². The largest absolute Gasteiger partial charge is 0.469 e. The first kappa shape index (κ1) is 14.8. The van der Waals surface area contributed by atoms with Gasteiger partial charge in [0.1, 0.15) is 0 Å². The average Bonchev–Trinajstić information content (AvgIpc) is 2.55. The van der Waals surface area contributed by atoms with Crippen molar-refractivity contribution in [3.63, 3.8) is 0 Å². The molecule has 4 heteroatoms. The van der Waals surface area contributed by atoms with Crippen molar-refractivity contribution in [1.82, 2.24) is 5.32 Å². The second kappa shape index (κ2) is 7.24. The van der Waals surface area contributed by atoms with Crippen molar-refractivity contribution < 1.29 is 14.3 Å². The highest BCUT2D eigenvalue weighted by Gasteiger charge is 2.19. The van der Waals surface area contributed by atoms with E-state index in [0.717, 1.165) is 5.56 Å². The van der Waals surface area contributed by atoms with Crippen LogP contribution in [0.3, 0.4) is 0 Å². The summed E-state index contributed by atoms with van der Waals surface area (Å²) in [5.74, 6) is -0.578. The van der Waals surface area contributed by atoms with Crippen LogP contribution in [0.15, 0.2) is 60.7 Å². The van der Waals surface area contributed by atoms with Crippen molar-refractivity contribution in [1.29, 1.82) is 0 Å². The molecule has 0 aromatic heterocycles. The standard InChI is InChI=1S/C17H17NO3/c1-21-16(19)12-15(13-8-4-2-5-9-13)18-17(20)14-10-6-3-7-11-14/h2-11,15H,12H2,1H3,(H,18,20)/t15-/m1/s1. The van der Waals surface area contributed by atoms with E-state index >= 15 is 0 Å². The quantitative estimate of drug-likeness (QED) is 0.858. The predicted molar refractivity (Wildman–Crippen MR) is 79.7 cm³/mol. The lowest BCUT2D eigenvalue weighted by Crippen LogP contribution is -2.30. The van der Waals surface area contributed by atoms with Crippen molar-refractivity contribution in [3.05, 3.63) is 71.8 Å². The molecular formula is C17H17NO3. The van der Waals surface area contributed by atoms with Crippen molar-refractivity contribution in [3.8, 4) is 0 Å². The van der Waals surface area contributed by atoms with Gasteiger partial charge >= 0.3 is 5.97 Å². The Morgan fingerprint density at radius 2 is 1.57 bits per heavy atom. The Kier molecular flexibility index (Phi) is 5.10. The van der Waals surface area contributed by atoms with Gasteiger partial charge in [-0.15, -0.1) is 0 Å². The van der Waals surface area contributed by atoms with Crippen LogP contribution in [0, 0.1) is 0 Å². The Hall–Kier alpha value is -2.62. The molecule has 21 heavy (non-hydrogen) atoms. The molecule has 0 aliphatic heterocycles. The summed E-state index contributed by atoms with van der Waals surface area (Å²) in [7, 11) is 1.34. The summed E-state index contributed by atoms with van der Waals surface area (Å²) in [6, 6.07) is 17.9. The normalized spacial score (nSPS) is 11.5. The summed E-state index contributed by atoms with van der Waals surface area (Å²) < 4.78 is 4.70. The zero-order valence-corrected chi connectivity index (χ0v) is 11.8. The van der Waals surface area contributed by atoms with Gasteiger partial charge in [-0.3, -0.25) is 9.59 Å². The first-order chi connectivity index (χ1) is 10.2. The molecule has 1 N–H and O–H groups in total. The Balaban J connectivity index is 2.16. The van der Waals surface area contributed by atoms with Gasteiger partial charge in [0.05, 0.1) is 19.6 Å². The highest BCUT2D eigenvalue weighted by atomic mass is 16.5. The molecule has 0 bridgehead atoms. The second-order valence-electron chi connectivity index (χ2n) is 4.58. The fraction of sp³-hybridized carbons (Fsp3) is 0.176. The maximum Gasteiger partial charge on any atom is 0.307 e.